The molecule has 4 aromatic rings. The highest BCUT2D eigenvalue weighted by Crippen LogP contribution is 2.29. The van der Waals surface area contributed by atoms with Crippen LogP contribution in [0.25, 0.3) is 17.1 Å². The average Bonchev–Trinajstić information content (AvgIpc) is 3.25. The van der Waals surface area contributed by atoms with Crippen molar-refractivity contribution >= 4 is 17.1 Å². The Morgan fingerprint density at radius 1 is 0.917 bits per heavy atom. The third kappa shape index (κ3) is 6.28. The molecule has 0 atom stereocenters. The molecule has 1 aromatic heterocycles. The zero-order valence-electron chi connectivity index (χ0n) is 21.7. The number of para-hydroxylation sites is 2. The topological polar surface area (TPSA) is 45.5 Å². The van der Waals surface area contributed by atoms with Crippen LogP contribution in [0.5, 0.6) is 17.2 Å². The van der Waals surface area contributed by atoms with E-state index >= 15 is 0 Å². The molecule has 0 fully saturated rings. The molecule has 0 saturated carbocycles. The van der Waals surface area contributed by atoms with Crippen molar-refractivity contribution in [1.82, 2.24) is 9.55 Å². The Hall–Kier alpha value is -3.73. The standard InChI is InChI=1S/C31H36N2O3/c1-5-10-24-13-18-29(30(21-24)34-4)35-20-9-8-19-33-28-12-7-6-11-27(28)32-31(33)22-36-26-16-14-25(15-17-26)23(2)3/h5-7,10-18,21,23H,8-9,19-20,22H2,1-4H3/b10-5+. The minimum atomic E-state index is 0.432. The van der Waals surface area contributed by atoms with E-state index in [0.29, 0.717) is 19.1 Å². The summed E-state index contributed by atoms with van der Waals surface area (Å²) in [5.41, 5.74) is 4.53. The molecule has 1 heterocycles. The van der Waals surface area contributed by atoms with E-state index in [1.807, 2.05) is 55.5 Å². The second kappa shape index (κ2) is 12.3. The summed E-state index contributed by atoms with van der Waals surface area (Å²) in [5.74, 6) is 3.83. The monoisotopic (exact) mass is 484 g/mol. The first-order chi connectivity index (χ1) is 17.6. The maximum Gasteiger partial charge on any atom is 0.161 e. The van der Waals surface area contributed by atoms with Crippen LogP contribution in [0.4, 0.5) is 0 Å². The molecular weight excluding hydrogens is 448 g/mol. The van der Waals surface area contributed by atoms with Crippen LogP contribution in [0.1, 0.15) is 56.5 Å². The number of allylic oxidation sites excluding steroid dienone is 1. The summed E-state index contributed by atoms with van der Waals surface area (Å²) in [4.78, 5) is 4.85. The fraction of sp³-hybridized carbons (Fsp3) is 0.323. The van der Waals surface area contributed by atoms with E-state index < -0.39 is 0 Å². The van der Waals surface area contributed by atoms with E-state index in [2.05, 4.69) is 48.7 Å². The summed E-state index contributed by atoms with van der Waals surface area (Å²) in [6.45, 7) is 8.30. The number of ether oxygens (including phenoxy) is 3. The van der Waals surface area contributed by atoms with Gasteiger partial charge in [0, 0.05) is 6.54 Å². The van der Waals surface area contributed by atoms with E-state index in [-0.39, 0.29) is 0 Å². The van der Waals surface area contributed by atoms with Gasteiger partial charge in [-0.25, -0.2) is 4.98 Å². The molecule has 0 aliphatic rings. The van der Waals surface area contributed by atoms with Crippen LogP contribution in [0.2, 0.25) is 0 Å². The van der Waals surface area contributed by atoms with Gasteiger partial charge in [-0.15, -0.1) is 0 Å². The molecule has 0 saturated heterocycles. The fourth-order valence-electron chi connectivity index (χ4n) is 4.24. The lowest BCUT2D eigenvalue weighted by atomic mass is 10.0. The SMILES string of the molecule is C/C=C/c1ccc(OCCCCn2c(COc3ccc(C(C)C)cc3)nc3ccccc32)c(OC)c1. The average molecular weight is 485 g/mol. The Morgan fingerprint density at radius 2 is 1.72 bits per heavy atom. The van der Waals surface area contributed by atoms with Crippen LogP contribution >= 0.6 is 0 Å². The molecule has 36 heavy (non-hydrogen) atoms. The second-order valence-electron chi connectivity index (χ2n) is 9.15. The van der Waals surface area contributed by atoms with Crippen molar-refractivity contribution in [3.05, 3.63) is 89.8 Å². The molecule has 0 unspecified atom stereocenters. The first-order valence-electron chi connectivity index (χ1n) is 12.7. The molecular formula is C31H36N2O3. The summed E-state index contributed by atoms with van der Waals surface area (Å²) in [5, 5.41) is 0. The van der Waals surface area contributed by atoms with Crippen molar-refractivity contribution in [2.24, 2.45) is 0 Å². The van der Waals surface area contributed by atoms with Gasteiger partial charge in [-0.05, 0) is 73.2 Å². The molecule has 0 N–H and O–H groups in total. The molecule has 3 aromatic carbocycles. The predicted octanol–water partition coefficient (Wildman–Crippen LogP) is 7.64. The van der Waals surface area contributed by atoms with Crippen LogP contribution in [0, 0.1) is 0 Å². The van der Waals surface area contributed by atoms with Crippen LogP contribution in [-0.4, -0.2) is 23.3 Å². The number of hydrogen-bond donors (Lipinski definition) is 0. The number of benzene rings is 3. The predicted molar refractivity (Wildman–Crippen MR) is 147 cm³/mol. The van der Waals surface area contributed by atoms with Crippen LogP contribution in [-0.2, 0) is 13.2 Å². The van der Waals surface area contributed by atoms with Crippen molar-refractivity contribution in [2.45, 2.75) is 52.7 Å². The quantitative estimate of drug-likeness (QED) is 0.194. The van der Waals surface area contributed by atoms with Gasteiger partial charge in [-0.1, -0.05) is 56.3 Å². The number of aryl methyl sites for hydroxylation is 1. The maximum absolute atomic E-state index is 6.11. The maximum atomic E-state index is 6.11. The number of aromatic nitrogens is 2. The first kappa shape index (κ1) is 25.4. The lowest BCUT2D eigenvalue weighted by Crippen LogP contribution is -2.09. The molecule has 0 radical (unpaired) electrons. The van der Waals surface area contributed by atoms with Crippen molar-refractivity contribution < 1.29 is 14.2 Å². The van der Waals surface area contributed by atoms with Crippen molar-refractivity contribution in [3.8, 4) is 17.2 Å². The highest BCUT2D eigenvalue weighted by molar-refractivity contribution is 5.75. The van der Waals surface area contributed by atoms with E-state index in [0.717, 1.165) is 59.1 Å². The summed E-state index contributed by atoms with van der Waals surface area (Å²) < 4.78 is 19.9. The molecule has 0 amide bonds. The van der Waals surface area contributed by atoms with E-state index in [9.17, 15) is 0 Å². The molecule has 0 spiro atoms. The number of rotatable bonds is 12. The lowest BCUT2D eigenvalue weighted by molar-refractivity contribution is 0.278. The molecule has 4 rings (SSSR count). The van der Waals surface area contributed by atoms with Crippen LogP contribution in [0.15, 0.2) is 72.8 Å². The van der Waals surface area contributed by atoms with Gasteiger partial charge in [-0.2, -0.15) is 0 Å². The van der Waals surface area contributed by atoms with Gasteiger partial charge < -0.3 is 18.8 Å². The number of methoxy groups -OCH3 is 1. The Bertz CT molecular complexity index is 1290. The third-order valence-electron chi connectivity index (χ3n) is 6.23. The minimum Gasteiger partial charge on any atom is -0.493 e. The largest absolute Gasteiger partial charge is 0.493 e. The van der Waals surface area contributed by atoms with Gasteiger partial charge in [0.2, 0.25) is 0 Å². The van der Waals surface area contributed by atoms with E-state index in [1.165, 1.54) is 5.56 Å². The van der Waals surface area contributed by atoms with Gasteiger partial charge >= 0.3 is 0 Å². The number of fused-ring (bicyclic) bond motifs is 1. The highest BCUT2D eigenvalue weighted by Gasteiger charge is 2.12. The molecule has 0 bridgehead atoms. The zero-order chi connectivity index (χ0) is 25.3. The number of unbranched alkanes of at least 4 members (excludes halogenated alkanes) is 1. The first-order valence-corrected chi connectivity index (χ1v) is 12.7. The van der Waals surface area contributed by atoms with E-state index in [1.54, 1.807) is 7.11 Å². The normalized spacial score (nSPS) is 11.5. The fourth-order valence-corrected chi connectivity index (χ4v) is 4.24. The molecule has 5 heteroatoms. The zero-order valence-corrected chi connectivity index (χ0v) is 21.7. The Balaban J connectivity index is 1.36. The van der Waals surface area contributed by atoms with Crippen LogP contribution < -0.4 is 14.2 Å². The van der Waals surface area contributed by atoms with Crippen LogP contribution in [0.3, 0.4) is 0 Å². The van der Waals surface area contributed by atoms with Gasteiger partial charge in [0.1, 0.15) is 18.2 Å². The van der Waals surface area contributed by atoms with Crippen molar-refractivity contribution in [1.29, 1.82) is 0 Å². The summed E-state index contributed by atoms with van der Waals surface area (Å²) in [6, 6.07) is 22.6. The summed E-state index contributed by atoms with van der Waals surface area (Å²) in [7, 11) is 1.67. The van der Waals surface area contributed by atoms with Gasteiger partial charge in [0.15, 0.2) is 11.5 Å². The Labute approximate surface area is 214 Å². The summed E-state index contributed by atoms with van der Waals surface area (Å²) in [6.07, 6.45) is 5.94. The lowest BCUT2D eigenvalue weighted by Gasteiger charge is -2.13. The molecule has 0 aliphatic heterocycles. The molecule has 188 valence electrons. The number of nitrogens with zero attached hydrogens (tertiary/aromatic N) is 2. The van der Waals surface area contributed by atoms with Gasteiger partial charge in [0.25, 0.3) is 0 Å². The van der Waals surface area contributed by atoms with Gasteiger partial charge in [-0.3, -0.25) is 0 Å². The van der Waals surface area contributed by atoms with Gasteiger partial charge in [0.05, 0.1) is 24.8 Å². The van der Waals surface area contributed by atoms with Crippen molar-refractivity contribution in [2.75, 3.05) is 13.7 Å². The number of hydrogen-bond acceptors (Lipinski definition) is 4. The molecule has 5 nitrogen and oxygen atoms in total. The van der Waals surface area contributed by atoms with Crippen molar-refractivity contribution in [3.63, 3.8) is 0 Å². The Kier molecular flexibility index (Phi) is 8.66. The second-order valence-corrected chi connectivity index (χ2v) is 9.15. The van der Waals surface area contributed by atoms with E-state index in [4.69, 9.17) is 19.2 Å². The third-order valence-corrected chi connectivity index (χ3v) is 6.23. The highest BCUT2D eigenvalue weighted by atomic mass is 16.5. The number of imidazole rings is 1. The minimum absolute atomic E-state index is 0.432. The Morgan fingerprint density at radius 3 is 2.47 bits per heavy atom. The smallest absolute Gasteiger partial charge is 0.161 e. The molecule has 0 aliphatic carbocycles. The summed E-state index contributed by atoms with van der Waals surface area (Å²) >= 11 is 0.